The summed E-state index contributed by atoms with van der Waals surface area (Å²) in [5.74, 6) is -0.861. The lowest BCUT2D eigenvalue weighted by Gasteiger charge is -2.26. The number of nitrogens with zero attached hydrogens (tertiary/aromatic N) is 2. The highest BCUT2D eigenvalue weighted by Gasteiger charge is 2.20. The van der Waals surface area contributed by atoms with Gasteiger partial charge in [0.05, 0.1) is 5.56 Å². The lowest BCUT2D eigenvalue weighted by molar-refractivity contribution is 0.0950. The topological polar surface area (TPSA) is 82.7 Å². The zero-order valence-electron chi connectivity index (χ0n) is 12.8. The van der Waals surface area contributed by atoms with Gasteiger partial charge in [0.15, 0.2) is 0 Å². The average Bonchev–Trinajstić information content (AvgIpc) is 3.07. The fourth-order valence-corrected chi connectivity index (χ4v) is 3.07. The van der Waals surface area contributed by atoms with Crippen LogP contribution in [0.3, 0.4) is 0 Å². The quantitative estimate of drug-likeness (QED) is 0.682. The minimum Gasteiger partial charge on any atom is -0.350 e. The SMILES string of the molecule is O=C(NCC1Cc2ccccc2CN1)c1cc(F)cc2n[nH]nc12. The molecule has 6 nitrogen and oxygen atoms in total. The van der Waals surface area contributed by atoms with E-state index in [2.05, 4.69) is 38.2 Å². The van der Waals surface area contributed by atoms with Crippen LogP contribution in [0.1, 0.15) is 21.5 Å². The number of rotatable bonds is 3. The summed E-state index contributed by atoms with van der Waals surface area (Å²) in [4.78, 5) is 12.4. The first-order valence-corrected chi connectivity index (χ1v) is 7.79. The van der Waals surface area contributed by atoms with Crippen molar-refractivity contribution < 1.29 is 9.18 Å². The summed E-state index contributed by atoms with van der Waals surface area (Å²) < 4.78 is 13.6. The van der Waals surface area contributed by atoms with E-state index in [1.165, 1.54) is 23.3 Å². The van der Waals surface area contributed by atoms with E-state index < -0.39 is 5.82 Å². The van der Waals surface area contributed by atoms with Crippen molar-refractivity contribution in [3.05, 3.63) is 58.9 Å². The molecule has 0 spiro atoms. The Morgan fingerprint density at radius 2 is 2.08 bits per heavy atom. The molecule has 3 N–H and O–H groups in total. The Morgan fingerprint density at radius 1 is 1.25 bits per heavy atom. The molecule has 1 unspecified atom stereocenters. The molecule has 1 amide bonds. The Labute approximate surface area is 137 Å². The van der Waals surface area contributed by atoms with Gasteiger partial charge in [0.2, 0.25) is 0 Å². The molecule has 0 fully saturated rings. The predicted molar refractivity (Wildman–Crippen MR) is 87.0 cm³/mol. The van der Waals surface area contributed by atoms with Crippen LogP contribution in [0, 0.1) is 5.82 Å². The van der Waals surface area contributed by atoms with Crippen molar-refractivity contribution >= 4 is 16.9 Å². The van der Waals surface area contributed by atoms with E-state index in [-0.39, 0.29) is 17.5 Å². The van der Waals surface area contributed by atoms with Gasteiger partial charge in [-0.1, -0.05) is 24.3 Å². The highest BCUT2D eigenvalue weighted by atomic mass is 19.1. The van der Waals surface area contributed by atoms with Crippen molar-refractivity contribution in [1.82, 2.24) is 26.0 Å². The van der Waals surface area contributed by atoms with Gasteiger partial charge in [-0.3, -0.25) is 4.79 Å². The lowest BCUT2D eigenvalue weighted by atomic mass is 9.96. The Morgan fingerprint density at radius 3 is 2.96 bits per heavy atom. The van der Waals surface area contributed by atoms with Gasteiger partial charge < -0.3 is 10.6 Å². The second-order valence-electron chi connectivity index (χ2n) is 5.91. The van der Waals surface area contributed by atoms with Crippen molar-refractivity contribution in [1.29, 1.82) is 0 Å². The average molecular weight is 325 g/mol. The third-order valence-electron chi connectivity index (χ3n) is 4.31. The molecule has 3 aromatic rings. The van der Waals surface area contributed by atoms with Crippen molar-refractivity contribution in [2.45, 2.75) is 19.0 Å². The van der Waals surface area contributed by atoms with Crippen molar-refractivity contribution in [3.63, 3.8) is 0 Å². The minimum atomic E-state index is -0.508. The summed E-state index contributed by atoms with van der Waals surface area (Å²) in [6.45, 7) is 1.24. The van der Waals surface area contributed by atoms with Crippen molar-refractivity contribution in [2.75, 3.05) is 6.54 Å². The summed E-state index contributed by atoms with van der Waals surface area (Å²) in [6, 6.07) is 10.8. The minimum absolute atomic E-state index is 0.144. The van der Waals surface area contributed by atoms with E-state index in [0.717, 1.165) is 13.0 Å². The van der Waals surface area contributed by atoms with Crippen LogP contribution < -0.4 is 10.6 Å². The van der Waals surface area contributed by atoms with Gasteiger partial charge in [-0.05, 0) is 23.6 Å². The van der Waals surface area contributed by atoms with E-state index in [0.29, 0.717) is 17.6 Å². The van der Waals surface area contributed by atoms with Gasteiger partial charge in [0.1, 0.15) is 16.9 Å². The third-order valence-corrected chi connectivity index (χ3v) is 4.31. The summed E-state index contributed by atoms with van der Waals surface area (Å²) in [7, 11) is 0. The maximum absolute atomic E-state index is 13.6. The molecule has 2 aromatic carbocycles. The number of fused-ring (bicyclic) bond motifs is 2. The standard InChI is InChI=1S/C17H16FN5O/c18-12-6-14(16-15(7-12)21-23-22-16)17(24)20-9-13-5-10-3-1-2-4-11(10)8-19-13/h1-4,6-7,13,19H,5,8-9H2,(H,20,24)(H,21,22,23). The maximum Gasteiger partial charge on any atom is 0.253 e. The second kappa shape index (κ2) is 6.01. The molecular weight excluding hydrogens is 309 g/mol. The van der Waals surface area contributed by atoms with Crippen LogP contribution in [0.5, 0.6) is 0 Å². The van der Waals surface area contributed by atoms with Crippen molar-refractivity contribution in [2.24, 2.45) is 0 Å². The Hall–Kier alpha value is -2.80. The second-order valence-corrected chi connectivity index (χ2v) is 5.91. The molecule has 122 valence electrons. The molecule has 1 atom stereocenters. The molecule has 7 heteroatoms. The number of hydrogen-bond donors (Lipinski definition) is 3. The van der Waals surface area contributed by atoms with Gasteiger partial charge in [-0.2, -0.15) is 15.4 Å². The molecular formula is C17H16FN5O. The van der Waals surface area contributed by atoms with Crippen LogP contribution in [0.25, 0.3) is 11.0 Å². The number of benzene rings is 2. The number of aromatic amines is 1. The maximum atomic E-state index is 13.6. The Bertz CT molecular complexity index is 907. The summed E-state index contributed by atoms with van der Waals surface area (Å²) in [5, 5.41) is 16.4. The van der Waals surface area contributed by atoms with Crippen LogP contribution in [0.4, 0.5) is 4.39 Å². The number of H-pyrrole nitrogens is 1. The molecule has 0 saturated carbocycles. The fourth-order valence-electron chi connectivity index (χ4n) is 3.07. The van der Waals surface area contributed by atoms with Gasteiger partial charge in [-0.15, -0.1) is 0 Å². The van der Waals surface area contributed by atoms with Gasteiger partial charge in [0.25, 0.3) is 5.91 Å². The fraction of sp³-hybridized carbons (Fsp3) is 0.235. The number of carbonyl (C=O) groups is 1. The molecule has 0 bridgehead atoms. The predicted octanol–water partition coefficient (Wildman–Crippen LogP) is 1.54. The van der Waals surface area contributed by atoms with Gasteiger partial charge in [-0.25, -0.2) is 4.39 Å². The first-order chi connectivity index (χ1) is 11.7. The summed E-state index contributed by atoms with van der Waals surface area (Å²) >= 11 is 0. The summed E-state index contributed by atoms with van der Waals surface area (Å²) in [6.07, 6.45) is 0.846. The van der Waals surface area contributed by atoms with Crippen molar-refractivity contribution in [3.8, 4) is 0 Å². The number of aromatic nitrogens is 3. The van der Waals surface area contributed by atoms with Crippen LogP contribution in [0.15, 0.2) is 36.4 Å². The zero-order valence-corrected chi connectivity index (χ0v) is 12.8. The number of carbonyl (C=O) groups excluding carboxylic acids is 1. The van der Waals surface area contributed by atoms with Gasteiger partial charge in [0, 0.05) is 25.2 Å². The van der Waals surface area contributed by atoms with Crippen LogP contribution in [-0.2, 0) is 13.0 Å². The molecule has 0 aliphatic carbocycles. The lowest BCUT2D eigenvalue weighted by Crippen LogP contribution is -2.44. The molecule has 2 heterocycles. The molecule has 1 aliphatic rings. The van der Waals surface area contributed by atoms with E-state index in [9.17, 15) is 9.18 Å². The number of halogens is 1. The highest BCUT2D eigenvalue weighted by molar-refractivity contribution is 6.04. The summed E-state index contributed by atoms with van der Waals surface area (Å²) in [5.41, 5.74) is 3.48. The zero-order chi connectivity index (χ0) is 16.5. The highest BCUT2D eigenvalue weighted by Crippen LogP contribution is 2.18. The Kier molecular flexibility index (Phi) is 3.70. The number of amides is 1. The first-order valence-electron chi connectivity index (χ1n) is 7.79. The number of nitrogens with one attached hydrogen (secondary N) is 3. The van der Waals surface area contributed by atoms with E-state index in [4.69, 9.17) is 0 Å². The van der Waals surface area contributed by atoms with Crippen LogP contribution >= 0.6 is 0 Å². The number of hydrogen-bond acceptors (Lipinski definition) is 4. The van der Waals surface area contributed by atoms with E-state index in [1.54, 1.807) is 0 Å². The van der Waals surface area contributed by atoms with E-state index >= 15 is 0 Å². The third kappa shape index (κ3) is 2.74. The largest absolute Gasteiger partial charge is 0.350 e. The molecule has 1 aromatic heterocycles. The first kappa shape index (κ1) is 14.8. The van der Waals surface area contributed by atoms with E-state index in [1.807, 2.05) is 12.1 Å². The van der Waals surface area contributed by atoms with Crippen LogP contribution in [0.2, 0.25) is 0 Å². The molecule has 0 saturated heterocycles. The Balaban J connectivity index is 1.46. The molecule has 0 radical (unpaired) electrons. The molecule has 4 rings (SSSR count). The van der Waals surface area contributed by atoms with Gasteiger partial charge >= 0.3 is 0 Å². The monoisotopic (exact) mass is 325 g/mol. The normalized spacial score (nSPS) is 16.8. The van der Waals surface area contributed by atoms with Crippen LogP contribution in [-0.4, -0.2) is 33.9 Å². The molecule has 24 heavy (non-hydrogen) atoms. The smallest absolute Gasteiger partial charge is 0.253 e. The molecule has 1 aliphatic heterocycles.